The number of rotatable bonds is 3. The molecule has 22 heavy (non-hydrogen) atoms. The first-order valence-electron chi connectivity index (χ1n) is 7.66. The molecule has 0 saturated carbocycles. The minimum absolute atomic E-state index is 0.0907. The van der Waals surface area contributed by atoms with Gasteiger partial charge in [0.15, 0.2) is 0 Å². The van der Waals surface area contributed by atoms with Crippen molar-refractivity contribution in [2.24, 2.45) is 0 Å². The molecule has 0 spiro atoms. The fourth-order valence-corrected chi connectivity index (χ4v) is 3.45. The van der Waals surface area contributed by atoms with Gasteiger partial charge in [0, 0.05) is 30.6 Å². The zero-order valence-electron chi connectivity index (χ0n) is 13.0. The van der Waals surface area contributed by atoms with Crippen LogP contribution in [0.3, 0.4) is 0 Å². The number of carbonyl (C=O) groups is 1. The molecule has 1 N–H and O–H groups in total. The van der Waals surface area contributed by atoms with E-state index in [4.69, 9.17) is 4.98 Å². The van der Waals surface area contributed by atoms with Crippen LogP contribution in [0, 0.1) is 6.92 Å². The van der Waals surface area contributed by atoms with Crippen molar-refractivity contribution in [3.05, 3.63) is 40.9 Å². The van der Waals surface area contributed by atoms with E-state index in [0.29, 0.717) is 0 Å². The average Bonchev–Trinajstić information content (AvgIpc) is 2.92. The van der Waals surface area contributed by atoms with E-state index in [-0.39, 0.29) is 11.9 Å². The summed E-state index contributed by atoms with van der Waals surface area (Å²) in [5.74, 6) is 0.117. The highest BCUT2D eigenvalue weighted by molar-refractivity contribution is 7.13. The van der Waals surface area contributed by atoms with E-state index >= 15 is 0 Å². The second-order valence-corrected chi connectivity index (χ2v) is 6.66. The highest BCUT2D eigenvalue weighted by Crippen LogP contribution is 2.25. The summed E-state index contributed by atoms with van der Waals surface area (Å²) in [5, 5.41) is 6.09. The second kappa shape index (κ2) is 6.58. The minimum atomic E-state index is -0.0907. The van der Waals surface area contributed by atoms with Crippen LogP contribution in [0.4, 0.5) is 0 Å². The molecule has 1 fully saturated rings. The SMILES string of the molecule is Cc1ccc(-c2nc(CN3CCCNC(=O)C3C)cs2)cc1. The lowest BCUT2D eigenvalue weighted by atomic mass is 10.2. The fourth-order valence-electron chi connectivity index (χ4n) is 2.63. The van der Waals surface area contributed by atoms with Gasteiger partial charge in [-0.25, -0.2) is 4.98 Å². The predicted octanol–water partition coefficient (Wildman–Crippen LogP) is 2.83. The highest BCUT2D eigenvalue weighted by Gasteiger charge is 2.24. The van der Waals surface area contributed by atoms with Crippen molar-refractivity contribution in [1.29, 1.82) is 0 Å². The molecule has 2 heterocycles. The Hall–Kier alpha value is -1.72. The summed E-state index contributed by atoms with van der Waals surface area (Å²) >= 11 is 1.67. The summed E-state index contributed by atoms with van der Waals surface area (Å²) in [6.07, 6.45) is 0.991. The third-order valence-corrected chi connectivity index (χ3v) is 5.00. The molecule has 4 nitrogen and oxygen atoms in total. The van der Waals surface area contributed by atoms with Crippen LogP contribution in [0.15, 0.2) is 29.6 Å². The Morgan fingerprint density at radius 2 is 2.14 bits per heavy atom. The van der Waals surface area contributed by atoms with Crippen LogP contribution in [-0.2, 0) is 11.3 Å². The van der Waals surface area contributed by atoms with Crippen LogP contribution >= 0.6 is 11.3 Å². The average molecular weight is 315 g/mol. The Labute approximate surface area is 135 Å². The van der Waals surface area contributed by atoms with Crippen molar-refractivity contribution in [3.8, 4) is 10.6 Å². The Kier molecular flexibility index (Phi) is 4.55. The standard InChI is InChI=1S/C17H21N3OS/c1-12-4-6-14(7-5-12)17-19-15(11-22-17)10-20-9-3-8-18-16(21)13(20)2/h4-7,11,13H,3,8-10H2,1-2H3,(H,18,21). The number of aromatic nitrogens is 1. The first kappa shape index (κ1) is 15.2. The van der Waals surface area contributed by atoms with Crippen LogP contribution in [-0.4, -0.2) is 34.9 Å². The largest absolute Gasteiger partial charge is 0.355 e. The van der Waals surface area contributed by atoms with Gasteiger partial charge in [-0.15, -0.1) is 11.3 Å². The molecule has 0 aliphatic carbocycles. The van der Waals surface area contributed by atoms with E-state index in [0.717, 1.165) is 42.3 Å². The number of thiazole rings is 1. The summed E-state index contributed by atoms with van der Waals surface area (Å²) < 4.78 is 0. The highest BCUT2D eigenvalue weighted by atomic mass is 32.1. The lowest BCUT2D eigenvalue weighted by molar-refractivity contribution is -0.125. The molecular weight excluding hydrogens is 294 g/mol. The normalized spacial score (nSPS) is 19.7. The van der Waals surface area contributed by atoms with E-state index < -0.39 is 0 Å². The smallest absolute Gasteiger partial charge is 0.237 e. The van der Waals surface area contributed by atoms with Gasteiger partial charge >= 0.3 is 0 Å². The van der Waals surface area contributed by atoms with Crippen LogP contribution in [0.25, 0.3) is 10.6 Å². The Bertz CT molecular complexity index is 650. The lowest BCUT2D eigenvalue weighted by Gasteiger charge is -2.24. The molecule has 2 aromatic rings. The van der Waals surface area contributed by atoms with E-state index in [9.17, 15) is 4.79 Å². The predicted molar refractivity (Wildman–Crippen MR) is 89.8 cm³/mol. The van der Waals surface area contributed by atoms with Gasteiger partial charge in [0.05, 0.1) is 11.7 Å². The third-order valence-electron chi connectivity index (χ3n) is 4.06. The lowest BCUT2D eigenvalue weighted by Crippen LogP contribution is -2.41. The summed E-state index contributed by atoms with van der Waals surface area (Å²) in [6.45, 7) is 6.48. The zero-order valence-corrected chi connectivity index (χ0v) is 13.8. The number of benzene rings is 1. The van der Waals surface area contributed by atoms with Crippen molar-refractivity contribution in [2.75, 3.05) is 13.1 Å². The Balaban J connectivity index is 1.73. The van der Waals surface area contributed by atoms with Crippen molar-refractivity contribution in [1.82, 2.24) is 15.2 Å². The molecule has 1 aromatic carbocycles. The van der Waals surface area contributed by atoms with Crippen LogP contribution in [0.5, 0.6) is 0 Å². The maximum absolute atomic E-state index is 11.9. The van der Waals surface area contributed by atoms with Gasteiger partial charge in [-0.2, -0.15) is 0 Å². The summed E-state index contributed by atoms with van der Waals surface area (Å²) in [7, 11) is 0. The zero-order chi connectivity index (χ0) is 15.5. The summed E-state index contributed by atoms with van der Waals surface area (Å²) in [4.78, 5) is 18.8. The Morgan fingerprint density at radius 3 is 2.91 bits per heavy atom. The molecule has 1 amide bonds. The number of carbonyl (C=O) groups excluding carboxylic acids is 1. The van der Waals surface area contributed by atoms with Crippen molar-refractivity contribution < 1.29 is 4.79 Å². The third kappa shape index (κ3) is 3.36. The molecule has 0 radical (unpaired) electrons. The molecule has 1 saturated heterocycles. The van der Waals surface area contributed by atoms with Gasteiger partial charge in [-0.3, -0.25) is 9.69 Å². The second-order valence-electron chi connectivity index (χ2n) is 5.80. The molecule has 1 aliphatic rings. The van der Waals surface area contributed by atoms with Crippen LogP contribution in [0.2, 0.25) is 0 Å². The molecule has 116 valence electrons. The van der Waals surface area contributed by atoms with Gasteiger partial charge < -0.3 is 5.32 Å². The number of amides is 1. The van der Waals surface area contributed by atoms with Crippen LogP contribution in [0.1, 0.15) is 24.6 Å². The van der Waals surface area contributed by atoms with Crippen molar-refractivity contribution in [3.63, 3.8) is 0 Å². The number of nitrogens with one attached hydrogen (secondary N) is 1. The molecule has 5 heteroatoms. The summed E-state index contributed by atoms with van der Waals surface area (Å²) in [5.41, 5.74) is 3.45. The van der Waals surface area contributed by atoms with Crippen molar-refractivity contribution >= 4 is 17.2 Å². The number of hydrogen-bond donors (Lipinski definition) is 1. The van der Waals surface area contributed by atoms with Gasteiger partial charge in [-0.1, -0.05) is 29.8 Å². The van der Waals surface area contributed by atoms with Gasteiger partial charge in [-0.05, 0) is 20.3 Å². The number of aryl methyl sites for hydroxylation is 1. The molecule has 1 aromatic heterocycles. The number of hydrogen-bond acceptors (Lipinski definition) is 4. The fraction of sp³-hybridized carbons (Fsp3) is 0.412. The van der Waals surface area contributed by atoms with E-state index in [2.05, 4.69) is 46.8 Å². The van der Waals surface area contributed by atoms with Gasteiger partial charge in [0.1, 0.15) is 5.01 Å². The van der Waals surface area contributed by atoms with E-state index in [1.54, 1.807) is 11.3 Å². The first-order valence-corrected chi connectivity index (χ1v) is 8.54. The maximum atomic E-state index is 11.9. The summed E-state index contributed by atoms with van der Waals surface area (Å²) in [6, 6.07) is 8.35. The molecule has 1 unspecified atom stereocenters. The number of nitrogens with zero attached hydrogens (tertiary/aromatic N) is 2. The molecule has 0 bridgehead atoms. The molecule has 3 rings (SSSR count). The van der Waals surface area contributed by atoms with Crippen LogP contribution < -0.4 is 5.32 Å². The van der Waals surface area contributed by atoms with E-state index in [1.165, 1.54) is 5.56 Å². The van der Waals surface area contributed by atoms with Gasteiger partial charge in [0.2, 0.25) is 5.91 Å². The quantitative estimate of drug-likeness (QED) is 0.947. The topological polar surface area (TPSA) is 45.2 Å². The molecule has 1 atom stereocenters. The Morgan fingerprint density at radius 1 is 1.36 bits per heavy atom. The minimum Gasteiger partial charge on any atom is -0.355 e. The van der Waals surface area contributed by atoms with Crippen molar-refractivity contribution in [2.45, 2.75) is 32.9 Å². The molecular formula is C17H21N3OS. The van der Waals surface area contributed by atoms with E-state index in [1.807, 2.05) is 6.92 Å². The van der Waals surface area contributed by atoms with Gasteiger partial charge in [0.25, 0.3) is 0 Å². The molecule has 1 aliphatic heterocycles. The monoisotopic (exact) mass is 315 g/mol. The maximum Gasteiger partial charge on any atom is 0.237 e. The first-order chi connectivity index (χ1) is 10.6.